The average molecular weight is 248 g/mol. The van der Waals surface area contributed by atoms with Crippen molar-refractivity contribution in [2.75, 3.05) is 0 Å². The van der Waals surface area contributed by atoms with E-state index >= 15 is 0 Å². The van der Waals surface area contributed by atoms with Gasteiger partial charge in [-0.25, -0.2) is 0 Å². The van der Waals surface area contributed by atoms with E-state index in [1.807, 2.05) is 31.2 Å². The molecule has 0 aliphatic carbocycles. The van der Waals surface area contributed by atoms with Gasteiger partial charge in [0.2, 0.25) is 0 Å². The molecule has 0 saturated carbocycles. The Hall–Kier alpha value is -2.10. The summed E-state index contributed by atoms with van der Waals surface area (Å²) in [6.07, 6.45) is 2.27. The highest BCUT2D eigenvalue weighted by atomic mass is 16.7. The zero-order valence-electron chi connectivity index (χ0n) is 10.7. The quantitative estimate of drug-likeness (QED) is 0.606. The number of ether oxygens (including phenoxy) is 2. The zero-order chi connectivity index (χ0) is 13.5. The maximum absolute atomic E-state index is 10.8. The van der Waals surface area contributed by atoms with Crippen LogP contribution in [0.5, 0.6) is 0 Å². The fraction of sp³-hybridized carbons (Fsp3) is 0.286. The molecule has 0 aliphatic rings. The van der Waals surface area contributed by atoms with Crippen LogP contribution in [-0.4, -0.2) is 18.2 Å². The maximum atomic E-state index is 10.8. The van der Waals surface area contributed by atoms with Crippen molar-refractivity contribution in [3.05, 3.63) is 41.5 Å². The molecular weight excluding hydrogens is 232 g/mol. The summed E-state index contributed by atoms with van der Waals surface area (Å²) in [4.78, 5) is 21.7. The number of hydrogen-bond acceptors (Lipinski definition) is 4. The van der Waals surface area contributed by atoms with Gasteiger partial charge in [0.05, 0.1) is 0 Å². The van der Waals surface area contributed by atoms with E-state index in [-0.39, 0.29) is 0 Å². The summed E-state index contributed by atoms with van der Waals surface area (Å²) in [5, 5.41) is 0. The van der Waals surface area contributed by atoms with Crippen LogP contribution in [0.2, 0.25) is 0 Å². The van der Waals surface area contributed by atoms with E-state index in [9.17, 15) is 9.59 Å². The number of carbonyl (C=O) groups is 2. The maximum Gasteiger partial charge on any atom is 0.305 e. The van der Waals surface area contributed by atoms with Crippen LogP contribution in [-0.2, 0) is 19.1 Å². The van der Waals surface area contributed by atoms with Gasteiger partial charge in [-0.3, -0.25) is 9.59 Å². The van der Waals surface area contributed by atoms with Crippen molar-refractivity contribution < 1.29 is 19.1 Å². The molecule has 96 valence electrons. The van der Waals surface area contributed by atoms with Gasteiger partial charge < -0.3 is 9.47 Å². The summed E-state index contributed by atoms with van der Waals surface area (Å²) < 4.78 is 9.68. The Kier molecular flexibility index (Phi) is 5.11. The third kappa shape index (κ3) is 5.30. The van der Waals surface area contributed by atoms with E-state index in [0.29, 0.717) is 0 Å². The minimum atomic E-state index is -0.985. The lowest BCUT2D eigenvalue weighted by Gasteiger charge is -2.12. The summed E-state index contributed by atoms with van der Waals surface area (Å²) in [6.45, 7) is 4.51. The first-order valence-corrected chi connectivity index (χ1v) is 5.56. The van der Waals surface area contributed by atoms with Crippen molar-refractivity contribution in [1.29, 1.82) is 0 Å². The molecule has 0 aromatic heterocycles. The second kappa shape index (κ2) is 6.59. The molecule has 0 heterocycles. The highest BCUT2D eigenvalue weighted by molar-refractivity contribution is 5.68. The van der Waals surface area contributed by atoms with Crippen molar-refractivity contribution >= 4 is 18.0 Å². The van der Waals surface area contributed by atoms with E-state index in [4.69, 9.17) is 9.47 Å². The third-order valence-electron chi connectivity index (χ3n) is 2.09. The molecule has 4 heteroatoms. The monoisotopic (exact) mass is 248 g/mol. The topological polar surface area (TPSA) is 52.6 Å². The summed E-state index contributed by atoms with van der Waals surface area (Å²) >= 11 is 0. The summed E-state index contributed by atoms with van der Waals surface area (Å²) in [6, 6.07) is 7.77. The molecule has 0 aliphatic heterocycles. The number of rotatable bonds is 4. The smallest absolute Gasteiger partial charge is 0.305 e. The Bertz CT molecular complexity index is 429. The number of carbonyl (C=O) groups excluding carboxylic acids is 2. The second-order valence-electron chi connectivity index (χ2n) is 3.86. The molecular formula is C14H16O4. The predicted molar refractivity (Wildman–Crippen MR) is 67.5 cm³/mol. The lowest BCUT2D eigenvalue weighted by molar-refractivity contribution is -0.176. The van der Waals surface area contributed by atoms with Gasteiger partial charge in [0.1, 0.15) is 0 Å². The molecule has 0 unspecified atom stereocenters. The van der Waals surface area contributed by atoms with Crippen molar-refractivity contribution in [3.63, 3.8) is 0 Å². The Balaban J connectivity index is 2.72. The predicted octanol–water partition coefficient (Wildman–Crippen LogP) is 2.46. The van der Waals surface area contributed by atoms with Gasteiger partial charge in [-0.05, 0) is 18.6 Å². The molecule has 0 saturated heterocycles. The molecule has 0 radical (unpaired) electrons. The molecule has 0 fully saturated rings. The standard InChI is InChI=1S/C14H16O4/c1-10-4-6-13(7-5-10)8-9-14(17-11(2)15)18-12(3)16/h4-9,14H,1-3H3/b9-8+. The summed E-state index contributed by atoms with van der Waals surface area (Å²) in [7, 11) is 0. The normalized spacial score (nSPS) is 10.7. The first-order chi connectivity index (χ1) is 8.47. The Morgan fingerprint density at radius 1 is 1.06 bits per heavy atom. The van der Waals surface area contributed by atoms with Crippen LogP contribution >= 0.6 is 0 Å². The van der Waals surface area contributed by atoms with Crippen LogP contribution in [0.25, 0.3) is 6.08 Å². The van der Waals surface area contributed by atoms with E-state index in [1.165, 1.54) is 19.9 Å². The Morgan fingerprint density at radius 2 is 1.56 bits per heavy atom. The van der Waals surface area contributed by atoms with Gasteiger partial charge in [0.25, 0.3) is 6.29 Å². The largest absolute Gasteiger partial charge is 0.421 e. The first-order valence-electron chi connectivity index (χ1n) is 5.56. The molecule has 18 heavy (non-hydrogen) atoms. The van der Waals surface area contributed by atoms with E-state index < -0.39 is 18.2 Å². The SMILES string of the molecule is CC(=O)OC(/C=C/c1ccc(C)cc1)OC(C)=O. The van der Waals surface area contributed by atoms with Gasteiger partial charge in [-0.2, -0.15) is 0 Å². The summed E-state index contributed by atoms with van der Waals surface area (Å²) in [5.41, 5.74) is 2.09. The van der Waals surface area contributed by atoms with Crippen molar-refractivity contribution in [2.45, 2.75) is 27.1 Å². The molecule has 0 N–H and O–H groups in total. The van der Waals surface area contributed by atoms with E-state index in [0.717, 1.165) is 11.1 Å². The molecule has 0 bridgehead atoms. The van der Waals surface area contributed by atoms with Gasteiger partial charge >= 0.3 is 11.9 Å². The zero-order valence-corrected chi connectivity index (χ0v) is 10.7. The van der Waals surface area contributed by atoms with Gasteiger partial charge in [0.15, 0.2) is 0 Å². The number of benzene rings is 1. The van der Waals surface area contributed by atoms with Crippen LogP contribution in [0.1, 0.15) is 25.0 Å². The fourth-order valence-corrected chi connectivity index (χ4v) is 1.30. The minimum absolute atomic E-state index is 0.505. The molecule has 1 aromatic rings. The highest BCUT2D eigenvalue weighted by Gasteiger charge is 2.10. The van der Waals surface area contributed by atoms with Crippen LogP contribution in [0.3, 0.4) is 0 Å². The van der Waals surface area contributed by atoms with Crippen molar-refractivity contribution in [1.82, 2.24) is 0 Å². The first kappa shape index (κ1) is 14.0. The second-order valence-corrected chi connectivity index (χ2v) is 3.86. The Labute approximate surface area is 106 Å². The number of aryl methyl sites for hydroxylation is 1. The van der Waals surface area contributed by atoms with E-state index in [2.05, 4.69) is 0 Å². The third-order valence-corrected chi connectivity index (χ3v) is 2.09. The number of hydrogen-bond donors (Lipinski definition) is 0. The summed E-state index contributed by atoms with van der Waals surface area (Å²) in [5.74, 6) is -1.01. The Morgan fingerprint density at radius 3 is 2.00 bits per heavy atom. The lowest BCUT2D eigenvalue weighted by atomic mass is 10.1. The van der Waals surface area contributed by atoms with Crippen molar-refractivity contribution in [3.8, 4) is 0 Å². The van der Waals surface area contributed by atoms with E-state index in [1.54, 1.807) is 6.08 Å². The molecule has 0 amide bonds. The lowest BCUT2D eigenvalue weighted by Crippen LogP contribution is -2.19. The highest BCUT2D eigenvalue weighted by Crippen LogP contribution is 2.07. The molecule has 0 spiro atoms. The number of esters is 2. The molecule has 0 atom stereocenters. The molecule has 1 rings (SSSR count). The van der Waals surface area contributed by atoms with Crippen LogP contribution in [0.4, 0.5) is 0 Å². The van der Waals surface area contributed by atoms with Crippen molar-refractivity contribution in [2.24, 2.45) is 0 Å². The van der Waals surface area contributed by atoms with Crippen LogP contribution in [0.15, 0.2) is 30.3 Å². The fourth-order valence-electron chi connectivity index (χ4n) is 1.30. The van der Waals surface area contributed by atoms with Gasteiger partial charge in [0, 0.05) is 13.8 Å². The van der Waals surface area contributed by atoms with Crippen LogP contribution in [0, 0.1) is 6.92 Å². The van der Waals surface area contributed by atoms with Crippen LogP contribution < -0.4 is 0 Å². The van der Waals surface area contributed by atoms with Gasteiger partial charge in [-0.15, -0.1) is 0 Å². The molecule has 4 nitrogen and oxygen atoms in total. The van der Waals surface area contributed by atoms with Gasteiger partial charge in [-0.1, -0.05) is 35.9 Å². The average Bonchev–Trinajstić information content (AvgIpc) is 2.26. The molecule has 1 aromatic carbocycles. The minimum Gasteiger partial charge on any atom is -0.421 e.